The summed E-state index contributed by atoms with van der Waals surface area (Å²) in [7, 11) is 0. The number of nitrogens with one attached hydrogen (secondary N) is 1. The zero-order chi connectivity index (χ0) is 20.4. The van der Waals surface area contributed by atoms with Crippen molar-refractivity contribution in [1.82, 2.24) is 15.5 Å². The highest BCUT2D eigenvalue weighted by molar-refractivity contribution is 8.01. The molecule has 1 atom stereocenters. The Balaban J connectivity index is 1.30. The molecule has 6 nitrogen and oxygen atoms in total. The van der Waals surface area contributed by atoms with Crippen molar-refractivity contribution >= 4 is 40.0 Å². The summed E-state index contributed by atoms with van der Waals surface area (Å²) < 4.78 is 0.712. The van der Waals surface area contributed by atoms with Crippen LogP contribution < -0.4 is 10.2 Å². The van der Waals surface area contributed by atoms with Crippen LogP contribution >= 0.6 is 23.1 Å². The first-order valence-corrected chi connectivity index (χ1v) is 12.0. The number of rotatable bonds is 7. The first-order chi connectivity index (χ1) is 14.0. The third kappa shape index (κ3) is 4.98. The van der Waals surface area contributed by atoms with Crippen LogP contribution in [-0.4, -0.2) is 33.8 Å². The lowest BCUT2D eigenvalue weighted by Crippen LogP contribution is -2.30. The Kier molecular flexibility index (Phi) is 6.20. The van der Waals surface area contributed by atoms with E-state index in [2.05, 4.69) is 33.7 Å². The lowest BCUT2D eigenvalue weighted by molar-refractivity contribution is -0.119. The van der Waals surface area contributed by atoms with E-state index in [0.29, 0.717) is 9.47 Å². The maximum absolute atomic E-state index is 12.4. The van der Waals surface area contributed by atoms with Gasteiger partial charge in [0.05, 0.1) is 11.8 Å². The smallest absolute Gasteiger partial charge is 0.230 e. The van der Waals surface area contributed by atoms with E-state index < -0.39 is 0 Å². The van der Waals surface area contributed by atoms with Gasteiger partial charge in [0.15, 0.2) is 4.34 Å². The van der Waals surface area contributed by atoms with E-state index in [0.717, 1.165) is 24.8 Å². The minimum atomic E-state index is -0.0254. The number of amides is 2. The van der Waals surface area contributed by atoms with Gasteiger partial charge in [-0.15, -0.1) is 10.2 Å². The van der Waals surface area contributed by atoms with Crippen LogP contribution in [0.1, 0.15) is 62.3 Å². The van der Waals surface area contributed by atoms with Crippen molar-refractivity contribution in [2.75, 3.05) is 10.7 Å². The van der Waals surface area contributed by atoms with Crippen molar-refractivity contribution in [3.05, 3.63) is 34.9 Å². The van der Waals surface area contributed by atoms with Crippen molar-refractivity contribution in [2.45, 2.75) is 68.8 Å². The third-order valence-electron chi connectivity index (χ3n) is 5.43. The normalized spacial score (nSPS) is 16.8. The first-order valence-electron chi connectivity index (χ1n) is 10.2. The van der Waals surface area contributed by atoms with Crippen LogP contribution in [0.4, 0.5) is 5.13 Å². The van der Waals surface area contributed by atoms with Gasteiger partial charge in [-0.25, -0.2) is 0 Å². The molecule has 4 rings (SSSR count). The van der Waals surface area contributed by atoms with E-state index in [9.17, 15) is 9.59 Å². The molecule has 1 saturated carbocycles. The Bertz CT molecular complexity index is 910. The molecule has 8 heteroatoms. The molecule has 0 bridgehead atoms. The van der Waals surface area contributed by atoms with Gasteiger partial charge in [-0.2, -0.15) is 0 Å². The molecule has 1 heterocycles. The number of aryl methyl sites for hydroxylation is 2. The Labute approximate surface area is 179 Å². The van der Waals surface area contributed by atoms with Crippen molar-refractivity contribution in [1.29, 1.82) is 0 Å². The minimum Gasteiger partial charge on any atom is -0.349 e. The van der Waals surface area contributed by atoms with Gasteiger partial charge in [0.25, 0.3) is 0 Å². The molecule has 2 aliphatic carbocycles. The summed E-state index contributed by atoms with van der Waals surface area (Å²) in [5.41, 5.74) is 4.03. The molecule has 2 aromatic rings. The third-order valence-corrected chi connectivity index (χ3v) is 7.49. The molecule has 1 unspecified atom stereocenters. The van der Waals surface area contributed by atoms with Crippen LogP contribution in [0.25, 0.3) is 0 Å². The second-order valence-corrected chi connectivity index (χ2v) is 9.96. The number of carbonyl (C=O) groups excluding carboxylic acids is 2. The number of aromatic nitrogens is 2. The van der Waals surface area contributed by atoms with Crippen molar-refractivity contribution in [3.8, 4) is 0 Å². The number of hydrogen-bond donors (Lipinski definition) is 1. The number of carbonyl (C=O) groups is 2. The van der Waals surface area contributed by atoms with Gasteiger partial charge < -0.3 is 5.32 Å². The average molecular weight is 431 g/mol. The van der Waals surface area contributed by atoms with E-state index in [1.807, 2.05) is 6.92 Å². The van der Waals surface area contributed by atoms with Gasteiger partial charge in [-0.05, 0) is 62.1 Å². The van der Waals surface area contributed by atoms with Crippen LogP contribution in [0, 0.1) is 0 Å². The molecule has 29 heavy (non-hydrogen) atoms. The number of thioether (sulfide) groups is 1. The fourth-order valence-corrected chi connectivity index (χ4v) is 5.52. The molecule has 0 spiro atoms. The largest absolute Gasteiger partial charge is 0.349 e. The maximum atomic E-state index is 12.4. The average Bonchev–Trinajstić information content (AvgIpc) is 3.43. The fraction of sp³-hybridized carbons (Fsp3) is 0.524. The van der Waals surface area contributed by atoms with Gasteiger partial charge in [0.1, 0.15) is 0 Å². The summed E-state index contributed by atoms with van der Waals surface area (Å²) in [6.07, 6.45) is 6.86. The predicted molar refractivity (Wildman–Crippen MR) is 116 cm³/mol. The summed E-state index contributed by atoms with van der Waals surface area (Å²) in [6, 6.07) is 6.83. The zero-order valence-electron chi connectivity index (χ0n) is 16.8. The number of anilines is 1. The Morgan fingerprint density at radius 3 is 2.72 bits per heavy atom. The lowest BCUT2D eigenvalue weighted by atomic mass is 9.89. The second kappa shape index (κ2) is 8.83. The highest BCUT2D eigenvalue weighted by atomic mass is 32.2. The molecule has 0 saturated heterocycles. The summed E-state index contributed by atoms with van der Waals surface area (Å²) in [6.45, 7) is 3.58. The summed E-state index contributed by atoms with van der Waals surface area (Å²) in [4.78, 5) is 26.0. The molecule has 1 fully saturated rings. The van der Waals surface area contributed by atoms with E-state index in [1.54, 1.807) is 11.8 Å². The Morgan fingerprint density at radius 2 is 2.00 bits per heavy atom. The van der Waals surface area contributed by atoms with Gasteiger partial charge in [0.2, 0.25) is 16.9 Å². The Hall–Kier alpha value is -1.93. The number of benzene rings is 1. The molecule has 1 aromatic heterocycles. The summed E-state index contributed by atoms with van der Waals surface area (Å²) in [5.74, 6) is 0.257. The molecule has 0 radical (unpaired) electrons. The molecule has 2 amide bonds. The van der Waals surface area contributed by atoms with Crippen LogP contribution in [-0.2, 0) is 22.4 Å². The van der Waals surface area contributed by atoms with Crippen molar-refractivity contribution in [3.63, 3.8) is 0 Å². The van der Waals surface area contributed by atoms with Gasteiger partial charge in [0, 0.05) is 13.0 Å². The summed E-state index contributed by atoms with van der Waals surface area (Å²) >= 11 is 2.74. The first kappa shape index (κ1) is 20.3. The van der Waals surface area contributed by atoms with Crippen molar-refractivity contribution in [2.24, 2.45) is 0 Å². The zero-order valence-corrected chi connectivity index (χ0v) is 18.4. The maximum Gasteiger partial charge on any atom is 0.230 e. The van der Waals surface area contributed by atoms with Crippen LogP contribution in [0.3, 0.4) is 0 Å². The van der Waals surface area contributed by atoms with E-state index in [4.69, 9.17) is 0 Å². The van der Waals surface area contributed by atoms with Gasteiger partial charge in [-0.1, -0.05) is 41.3 Å². The number of hydrogen-bond acceptors (Lipinski definition) is 6. The lowest BCUT2D eigenvalue weighted by Gasteiger charge is -2.20. The topological polar surface area (TPSA) is 75.2 Å². The molecule has 154 valence electrons. The fourth-order valence-electron chi connectivity index (χ4n) is 3.76. The Morgan fingerprint density at radius 1 is 1.24 bits per heavy atom. The molecule has 2 aliphatic rings. The highest BCUT2D eigenvalue weighted by Gasteiger charge is 2.34. The van der Waals surface area contributed by atoms with Crippen molar-refractivity contribution < 1.29 is 9.59 Å². The number of fused-ring (bicyclic) bond motifs is 1. The predicted octanol–water partition coefficient (Wildman–Crippen LogP) is 3.90. The second-order valence-electron chi connectivity index (χ2n) is 7.78. The van der Waals surface area contributed by atoms with Gasteiger partial charge in [-0.3, -0.25) is 14.5 Å². The highest BCUT2D eigenvalue weighted by Crippen LogP contribution is 2.35. The molecular weight excluding hydrogens is 404 g/mol. The molecular formula is C21H26N4O2S2. The quantitative estimate of drug-likeness (QED) is 0.533. The van der Waals surface area contributed by atoms with Crippen LogP contribution in [0.2, 0.25) is 0 Å². The molecule has 1 aromatic carbocycles. The SMILES string of the molecule is CC(=O)N(c1nnc(SCC(=O)NC(C)c2ccc3c(c2)CCCC3)s1)C1CC1. The van der Waals surface area contributed by atoms with Crippen LogP contribution in [0.5, 0.6) is 0 Å². The standard InChI is InChI=1S/C21H26N4O2S2/c1-13(16-8-7-15-5-3-4-6-17(15)11-16)22-19(27)12-28-21-24-23-20(29-21)25(14(2)26)18-9-10-18/h7-8,11,13,18H,3-6,9-10,12H2,1-2H3,(H,22,27). The monoisotopic (exact) mass is 430 g/mol. The van der Waals surface area contributed by atoms with Gasteiger partial charge >= 0.3 is 0 Å². The molecule has 0 aliphatic heterocycles. The minimum absolute atomic E-state index is 0.00295. The van der Waals surface area contributed by atoms with E-state index in [-0.39, 0.29) is 29.7 Å². The van der Waals surface area contributed by atoms with E-state index in [1.165, 1.54) is 53.5 Å². The molecule has 1 N–H and O–H groups in total. The summed E-state index contributed by atoms with van der Waals surface area (Å²) in [5, 5.41) is 12.0. The number of nitrogens with zero attached hydrogens (tertiary/aromatic N) is 3. The van der Waals surface area contributed by atoms with Crippen LogP contribution in [0.15, 0.2) is 22.5 Å². The van der Waals surface area contributed by atoms with E-state index >= 15 is 0 Å².